The highest BCUT2D eigenvalue weighted by Gasteiger charge is 2.30. The highest BCUT2D eigenvalue weighted by molar-refractivity contribution is 7.16. The van der Waals surface area contributed by atoms with Crippen LogP contribution in [0, 0.1) is 17.6 Å². The number of benzene rings is 1. The highest BCUT2D eigenvalue weighted by atomic mass is 35.5. The maximum atomic E-state index is 13.8. The number of likely N-dealkylation sites (tertiary alicyclic amines) is 1. The molecule has 1 aliphatic rings. The quantitative estimate of drug-likeness (QED) is 0.755. The Balaban J connectivity index is 1.56. The second kappa shape index (κ2) is 8.35. The van der Waals surface area contributed by atoms with Gasteiger partial charge in [-0.05, 0) is 37.1 Å². The minimum absolute atomic E-state index is 0.0274. The molecular weight excluding hydrogens is 394 g/mol. The van der Waals surface area contributed by atoms with Crippen molar-refractivity contribution in [1.82, 2.24) is 9.80 Å². The number of piperidine rings is 1. The number of nitrogens with zero attached hydrogens (tertiary/aromatic N) is 2. The number of carbonyl (C=O) groups excluding carboxylic acids is 2. The minimum Gasteiger partial charge on any atom is -0.340 e. The van der Waals surface area contributed by atoms with Crippen molar-refractivity contribution >= 4 is 34.8 Å². The summed E-state index contributed by atoms with van der Waals surface area (Å²) in [4.78, 5) is 29.3. The van der Waals surface area contributed by atoms with E-state index in [4.69, 9.17) is 11.6 Å². The molecule has 0 aliphatic carbocycles. The van der Waals surface area contributed by atoms with E-state index in [0.717, 1.165) is 17.0 Å². The fourth-order valence-corrected chi connectivity index (χ4v) is 4.36. The SMILES string of the molecule is CN(Cc1ccc(Cl)s1)C(=O)C1CCN(C(=O)c2ccc(F)cc2F)CC1. The molecule has 0 saturated carbocycles. The average Bonchev–Trinajstić information content (AvgIpc) is 3.05. The smallest absolute Gasteiger partial charge is 0.256 e. The molecule has 0 radical (unpaired) electrons. The normalized spacial score (nSPS) is 15.0. The van der Waals surface area contributed by atoms with E-state index in [0.29, 0.717) is 42.9 Å². The van der Waals surface area contributed by atoms with Crippen LogP contribution < -0.4 is 0 Å². The lowest BCUT2D eigenvalue weighted by Crippen LogP contribution is -2.43. The lowest BCUT2D eigenvalue weighted by molar-refractivity contribution is -0.136. The third-order valence-electron chi connectivity index (χ3n) is 4.69. The van der Waals surface area contributed by atoms with Crippen molar-refractivity contribution in [2.45, 2.75) is 19.4 Å². The van der Waals surface area contributed by atoms with Crippen molar-refractivity contribution in [1.29, 1.82) is 0 Å². The van der Waals surface area contributed by atoms with Crippen LogP contribution in [0.15, 0.2) is 30.3 Å². The van der Waals surface area contributed by atoms with E-state index < -0.39 is 17.5 Å². The highest BCUT2D eigenvalue weighted by Crippen LogP contribution is 2.25. The summed E-state index contributed by atoms with van der Waals surface area (Å²) in [5, 5.41) is 0. The van der Waals surface area contributed by atoms with Crippen molar-refractivity contribution in [3.63, 3.8) is 0 Å². The van der Waals surface area contributed by atoms with E-state index >= 15 is 0 Å². The predicted octanol–water partition coefficient (Wildman–Crippen LogP) is 4.19. The van der Waals surface area contributed by atoms with Gasteiger partial charge in [0.1, 0.15) is 11.6 Å². The van der Waals surface area contributed by atoms with Gasteiger partial charge in [0.25, 0.3) is 5.91 Å². The summed E-state index contributed by atoms with van der Waals surface area (Å²) in [6.45, 7) is 1.23. The van der Waals surface area contributed by atoms with E-state index in [1.165, 1.54) is 16.2 Å². The molecule has 144 valence electrons. The Morgan fingerprint density at radius 1 is 1.22 bits per heavy atom. The first-order chi connectivity index (χ1) is 12.8. The largest absolute Gasteiger partial charge is 0.340 e. The summed E-state index contributed by atoms with van der Waals surface area (Å²) in [6.07, 6.45) is 1.03. The van der Waals surface area contributed by atoms with Gasteiger partial charge in [0, 0.05) is 37.0 Å². The number of carbonyl (C=O) groups is 2. The van der Waals surface area contributed by atoms with E-state index in [2.05, 4.69) is 0 Å². The minimum atomic E-state index is -0.868. The van der Waals surface area contributed by atoms with Gasteiger partial charge in [-0.3, -0.25) is 9.59 Å². The Bertz CT molecular complexity index is 850. The molecule has 3 rings (SSSR count). The van der Waals surface area contributed by atoms with Crippen LogP contribution in [-0.4, -0.2) is 41.8 Å². The van der Waals surface area contributed by atoms with E-state index in [1.807, 2.05) is 6.07 Å². The molecule has 0 bridgehead atoms. The molecule has 4 nitrogen and oxygen atoms in total. The topological polar surface area (TPSA) is 40.6 Å². The van der Waals surface area contributed by atoms with E-state index in [-0.39, 0.29) is 17.4 Å². The van der Waals surface area contributed by atoms with Crippen LogP contribution in [0.1, 0.15) is 28.1 Å². The van der Waals surface area contributed by atoms with Crippen LogP contribution in [-0.2, 0) is 11.3 Å². The Kier molecular flexibility index (Phi) is 6.11. The monoisotopic (exact) mass is 412 g/mol. The second-order valence-corrected chi connectivity index (χ2v) is 8.39. The molecule has 0 atom stereocenters. The van der Waals surface area contributed by atoms with E-state index in [9.17, 15) is 18.4 Å². The van der Waals surface area contributed by atoms with Gasteiger partial charge in [-0.1, -0.05) is 11.6 Å². The lowest BCUT2D eigenvalue weighted by Gasteiger charge is -2.33. The summed E-state index contributed by atoms with van der Waals surface area (Å²) in [6, 6.07) is 6.63. The van der Waals surface area contributed by atoms with Crippen molar-refractivity contribution in [3.05, 3.63) is 56.7 Å². The van der Waals surface area contributed by atoms with Crippen LogP contribution >= 0.6 is 22.9 Å². The molecule has 0 spiro atoms. The summed E-state index contributed by atoms with van der Waals surface area (Å²) >= 11 is 7.36. The number of amides is 2. The Hall–Kier alpha value is -1.99. The first kappa shape index (κ1) is 19.8. The van der Waals surface area contributed by atoms with Gasteiger partial charge < -0.3 is 9.80 Å². The third-order valence-corrected chi connectivity index (χ3v) is 5.91. The Morgan fingerprint density at radius 3 is 2.52 bits per heavy atom. The molecule has 1 aromatic carbocycles. The third kappa shape index (κ3) is 4.65. The van der Waals surface area contributed by atoms with Gasteiger partial charge in [0.05, 0.1) is 16.4 Å². The molecule has 27 heavy (non-hydrogen) atoms. The van der Waals surface area contributed by atoms with Crippen LogP contribution in [0.2, 0.25) is 4.34 Å². The Labute approximate surface area is 165 Å². The van der Waals surface area contributed by atoms with Gasteiger partial charge in [-0.15, -0.1) is 11.3 Å². The summed E-state index contributed by atoms with van der Waals surface area (Å²) in [5.41, 5.74) is -0.145. The molecule has 2 amide bonds. The first-order valence-corrected chi connectivity index (χ1v) is 9.78. The molecule has 1 fully saturated rings. The van der Waals surface area contributed by atoms with Crippen molar-refractivity contribution in [3.8, 4) is 0 Å². The zero-order valence-corrected chi connectivity index (χ0v) is 16.3. The fraction of sp³-hybridized carbons (Fsp3) is 0.368. The fourth-order valence-electron chi connectivity index (χ4n) is 3.22. The molecule has 0 N–H and O–H groups in total. The number of thiophene rings is 1. The first-order valence-electron chi connectivity index (χ1n) is 8.58. The van der Waals surface area contributed by atoms with Crippen LogP contribution in [0.3, 0.4) is 0 Å². The maximum Gasteiger partial charge on any atom is 0.256 e. The molecule has 1 saturated heterocycles. The zero-order chi connectivity index (χ0) is 19.6. The molecular formula is C19H19ClF2N2O2S. The molecule has 8 heteroatoms. The Morgan fingerprint density at radius 2 is 1.93 bits per heavy atom. The predicted molar refractivity (Wildman–Crippen MR) is 101 cm³/mol. The molecule has 0 unspecified atom stereocenters. The van der Waals surface area contributed by atoms with Crippen LogP contribution in [0.4, 0.5) is 8.78 Å². The van der Waals surface area contributed by atoms with Crippen molar-refractivity contribution in [2.24, 2.45) is 5.92 Å². The van der Waals surface area contributed by atoms with Crippen molar-refractivity contribution in [2.75, 3.05) is 20.1 Å². The lowest BCUT2D eigenvalue weighted by atomic mass is 9.95. The summed E-state index contributed by atoms with van der Waals surface area (Å²) in [7, 11) is 1.75. The van der Waals surface area contributed by atoms with Gasteiger partial charge in [0.15, 0.2) is 0 Å². The summed E-state index contributed by atoms with van der Waals surface area (Å²) < 4.78 is 27.5. The number of hydrogen-bond donors (Lipinski definition) is 0. The van der Waals surface area contributed by atoms with Crippen LogP contribution in [0.5, 0.6) is 0 Å². The van der Waals surface area contributed by atoms with E-state index in [1.54, 1.807) is 18.0 Å². The van der Waals surface area contributed by atoms with Gasteiger partial charge in [0.2, 0.25) is 5.91 Å². The number of hydrogen-bond acceptors (Lipinski definition) is 3. The average molecular weight is 413 g/mol. The number of rotatable bonds is 4. The molecule has 1 aliphatic heterocycles. The summed E-state index contributed by atoms with van der Waals surface area (Å²) in [5.74, 6) is -2.21. The zero-order valence-electron chi connectivity index (χ0n) is 14.8. The van der Waals surface area contributed by atoms with Gasteiger partial charge in [-0.2, -0.15) is 0 Å². The standard InChI is InChI=1S/C19H19ClF2N2O2S/c1-23(11-14-3-5-17(20)27-14)18(25)12-6-8-24(9-7-12)19(26)15-4-2-13(21)10-16(15)22/h2-5,10,12H,6-9,11H2,1H3. The second-order valence-electron chi connectivity index (χ2n) is 6.59. The molecule has 2 aromatic rings. The number of halogens is 3. The van der Waals surface area contributed by atoms with Gasteiger partial charge in [-0.25, -0.2) is 8.78 Å². The van der Waals surface area contributed by atoms with Crippen molar-refractivity contribution < 1.29 is 18.4 Å². The molecule has 2 heterocycles. The van der Waals surface area contributed by atoms with Crippen LogP contribution in [0.25, 0.3) is 0 Å². The van der Waals surface area contributed by atoms with Gasteiger partial charge >= 0.3 is 0 Å². The molecule has 1 aromatic heterocycles. The maximum absolute atomic E-state index is 13.8.